The van der Waals surface area contributed by atoms with Crippen LogP contribution in [0.1, 0.15) is 44.7 Å². The number of nitrogens with one attached hydrogen (secondary N) is 2. The Balaban J connectivity index is 0.00000320. The molecule has 2 saturated heterocycles. The molecule has 0 saturated carbocycles. The number of hydrogen-bond donors (Lipinski definition) is 2. The number of ether oxygens (including phenoxy) is 1. The fourth-order valence-corrected chi connectivity index (χ4v) is 4.35. The average molecular weight is 530 g/mol. The summed E-state index contributed by atoms with van der Waals surface area (Å²) in [6.45, 7) is 12.3. The standard InChI is InChI=1S/C23H39N5O.HI/c1-23(2,28-12-8-5-9-13-28)19-26-22(24-3)25-18-21(20-10-6-4-7-11-20)27-14-16-29-17-15-27;/h4,6-7,10-11,21H,5,8-9,12-19H2,1-3H3,(H2,24,25,26);1H. The van der Waals surface area contributed by atoms with Crippen LogP contribution in [0.4, 0.5) is 0 Å². The van der Waals surface area contributed by atoms with E-state index in [2.05, 4.69) is 69.6 Å². The van der Waals surface area contributed by atoms with Crippen LogP contribution in [0.15, 0.2) is 35.3 Å². The van der Waals surface area contributed by atoms with Gasteiger partial charge in [0.25, 0.3) is 0 Å². The number of rotatable bonds is 7. The van der Waals surface area contributed by atoms with Crippen LogP contribution in [0.3, 0.4) is 0 Å². The Morgan fingerprint density at radius 2 is 1.70 bits per heavy atom. The smallest absolute Gasteiger partial charge is 0.191 e. The number of hydrogen-bond acceptors (Lipinski definition) is 4. The van der Waals surface area contributed by atoms with E-state index in [-0.39, 0.29) is 29.5 Å². The van der Waals surface area contributed by atoms with E-state index in [4.69, 9.17) is 4.74 Å². The summed E-state index contributed by atoms with van der Waals surface area (Å²) in [7, 11) is 1.86. The summed E-state index contributed by atoms with van der Waals surface area (Å²) < 4.78 is 5.56. The fraction of sp³-hybridized carbons (Fsp3) is 0.696. The molecule has 170 valence electrons. The van der Waals surface area contributed by atoms with E-state index in [1.165, 1.54) is 37.9 Å². The van der Waals surface area contributed by atoms with Gasteiger partial charge in [-0.05, 0) is 45.3 Å². The maximum Gasteiger partial charge on any atom is 0.191 e. The number of likely N-dealkylation sites (tertiary alicyclic amines) is 1. The molecule has 1 aromatic rings. The Morgan fingerprint density at radius 1 is 1.03 bits per heavy atom. The lowest BCUT2D eigenvalue weighted by atomic mass is 9.98. The Labute approximate surface area is 199 Å². The van der Waals surface area contributed by atoms with Crippen molar-refractivity contribution < 1.29 is 4.74 Å². The van der Waals surface area contributed by atoms with Crippen molar-refractivity contribution in [3.05, 3.63) is 35.9 Å². The number of piperidine rings is 1. The molecule has 3 rings (SSSR count). The molecule has 1 aromatic carbocycles. The van der Waals surface area contributed by atoms with Gasteiger partial charge in [-0.2, -0.15) is 0 Å². The summed E-state index contributed by atoms with van der Waals surface area (Å²) >= 11 is 0. The van der Waals surface area contributed by atoms with E-state index < -0.39 is 0 Å². The van der Waals surface area contributed by atoms with Crippen LogP contribution in [0.2, 0.25) is 0 Å². The third-order valence-electron chi connectivity index (χ3n) is 6.26. The first-order valence-corrected chi connectivity index (χ1v) is 11.2. The van der Waals surface area contributed by atoms with Crippen molar-refractivity contribution in [2.75, 3.05) is 59.5 Å². The number of benzene rings is 1. The van der Waals surface area contributed by atoms with Gasteiger partial charge in [0.05, 0.1) is 19.3 Å². The molecule has 6 nitrogen and oxygen atoms in total. The largest absolute Gasteiger partial charge is 0.379 e. The van der Waals surface area contributed by atoms with E-state index >= 15 is 0 Å². The maximum absolute atomic E-state index is 5.56. The van der Waals surface area contributed by atoms with E-state index in [1.54, 1.807) is 0 Å². The minimum atomic E-state index is 0. The first kappa shape index (κ1) is 25.4. The van der Waals surface area contributed by atoms with Crippen LogP contribution in [-0.2, 0) is 4.74 Å². The molecule has 2 heterocycles. The molecule has 0 radical (unpaired) electrons. The lowest BCUT2D eigenvalue weighted by Crippen LogP contribution is -2.55. The molecule has 1 atom stereocenters. The van der Waals surface area contributed by atoms with E-state index in [0.717, 1.165) is 45.4 Å². The minimum absolute atomic E-state index is 0. The summed E-state index contributed by atoms with van der Waals surface area (Å²) in [4.78, 5) is 9.60. The molecule has 2 aliphatic heterocycles. The topological polar surface area (TPSA) is 52.1 Å². The van der Waals surface area contributed by atoms with Crippen molar-refractivity contribution in [3.63, 3.8) is 0 Å². The van der Waals surface area contributed by atoms with Gasteiger partial charge in [0.15, 0.2) is 5.96 Å². The van der Waals surface area contributed by atoms with Crippen LogP contribution in [0.5, 0.6) is 0 Å². The van der Waals surface area contributed by atoms with Gasteiger partial charge in [-0.3, -0.25) is 14.8 Å². The van der Waals surface area contributed by atoms with Gasteiger partial charge in [0, 0.05) is 38.8 Å². The molecule has 2 fully saturated rings. The Bertz CT molecular complexity index is 628. The molecule has 1 unspecified atom stereocenters. The number of aliphatic imine (C=N–C) groups is 1. The quantitative estimate of drug-likeness (QED) is 0.323. The van der Waals surface area contributed by atoms with Crippen LogP contribution in [-0.4, -0.2) is 80.8 Å². The molecule has 0 spiro atoms. The van der Waals surface area contributed by atoms with Crippen molar-refractivity contribution in [2.45, 2.75) is 44.7 Å². The second-order valence-electron chi connectivity index (χ2n) is 8.74. The highest BCUT2D eigenvalue weighted by molar-refractivity contribution is 14.0. The monoisotopic (exact) mass is 529 g/mol. The highest BCUT2D eigenvalue weighted by Gasteiger charge is 2.28. The van der Waals surface area contributed by atoms with E-state index in [9.17, 15) is 0 Å². The second-order valence-corrected chi connectivity index (χ2v) is 8.74. The first-order chi connectivity index (χ1) is 14.1. The SMILES string of the molecule is CN=C(NCC(c1ccccc1)N1CCOCC1)NCC(C)(C)N1CCCCC1.I. The van der Waals surface area contributed by atoms with E-state index in [0.29, 0.717) is 6.04 Å². The summed E-state index contributed by atoms with van der Waals surface area (Å²) in [5.74, 6) is 0.879. The van der Waals surface area contributed by atoms with Gasteiger partial charge < -0.3 is 15.4 Å². The normalized spacial score (nSPS) is 20.3. The third kappa shape index (κ3) is 7.35. The summed E-state index contributed by atoms with van der Waals surface area (Å²) in [5.41, 5.74) is 1.46. The number of morpholine rings is 1. The Kier molecular flexibility index (Phi) is 10.8. The van der Waals surface area contributed by atoms with Crippen LogP contribution >= 0.6 is 24.0 Å². The molecular weight excluding hydrogens is 489 g/mol. The molecule has 0 aromatic heterocycles. The number of nitrogens with zero attached hydrogens (tertiary/aromatic N) is 3. The molecule has 0 amide bonds. The Morgan fingerprint density at radius 3 is 2.33 bits per heavy atom. The third-order valence-corrected chi connectivity index (χ3v) is 6.26. The van der Waals surface area contributed by atoms with Crippen LogP contribution < -0.4 is 10.6 Å². The highest BCUT2D eigenvalue weighted by atomic mass is 127. The van der Waals surface area contributed by atoms with Gasteiger partial charge in [-0.15, -0.1) is 24.0 Å². The fourth-order valence-electron chi connectivity index (χ4n) is 4.35. The lowest BCUT2D eigenvalue weighted by Gasteiger charge is -2.41. The molecule has 2 aliphatic rings. The van der Waals surface area contributed by atoms with Gasteiger partial charge in [0.2, 0.25) is 0 Å². The predicted molar refractivity (Wildman–Crippen MR) is 136 cm³/mol. The minimum Gasteiger partial charge on any atom is -0.379 e. The van der Waals surface area contributed by atoms with Crippen molar-refractivity contribution in [1.29, 1.82) is 0 Å². The van der Waals surface area contributed by atoms with E-state index in [1.807, 2.05) is 7.05 Å². The first-order valence-electron chi connectivity index (χ1n) is 11.2. The number of halogens is 1. The van der Waals surface area contributed by atoms with Crippen molar-refractivity contribution in [2.24, 2.45) is 4.99 Å². The zero-order valence-corrected chi connectivity index (χ0v) is 21.2. The molecule has 0 aliphatic carbocycles. The summed E-state index contributed by atoms with van der Waals surface area (Å²) in [6, 6.07) is 11.1. The van der Waals surface area contributed by atoms with Gasteiger partial charge in [0.1, 0.15) is 0 Å². The second kappa shape index (κ2) is 12.8. The van der Waals surface area contributed by atoms with Crippen LogP contribution in [0, 0.1) is 0 Å². The average Bonchev–Trinajstić information content (AvgIpc) is 2.78. The Hall–Kier alpha value is -0.900. The summed E-state index contributed by atoms with van der Waals surface area (Å²) in [6.07, 6.45) is 4.00. The van der Waals surface area contributed by atoms with Gasteiger partial charge >= 0.3 is 0 Å². The lowest BCUT2D eigenvalue weighted by molar-refractivity contribution is 0.0170. The maximum atomic E-state index is 5.56. The molecule has 2 N–H and O–H groups in total. The predicted octanol–water partition coefficient (Wildman–Crippen LogP) is 3.11. The zero-order chi connectivity index (χ0) is 20.5. The molecule has 7 heteroatoms. The van der Waals surface area contributed by atoms with Gasteiger partial charge in [-0.25, -0.2) is 0 Å². The van der Waals surface area contributed by atoms with Crippen LogP contribution in [0.25, 0.3) is 0 Å². The van der Waals surface area contributed by atoms with Crippen molar-refractivity contribution in [3.8, 4) is 0 Å². The van der Waals surface area contributed by atoms with Gasteiger partial charge in [-0.1, -0.05) is 36.8 Å². The highest BCUT2D eigenvalue weighted by Crippen LogP contribution is 2.22. The summed E-state index contributed by atoms with van der Waals surface area (Å²) in [5, 5.41) is 7.15. The van der Waals surface area contributed by atoms with Crippen molar-refractivity contribution in [1.82, 2.24) is 20.4 Å². The van der Waals surface area contributed by atoms with Crippen molar-refractivity contribution >= 4 is 29.9 Å². The molecule has 30 heavy (non-hydrogen) atoms. The molecular formula is C23H40IN5O. The molecule has 0 bridgehead atoms. The zero-order valence-electron chi connectivity index (χ0n) is 18.9. The number of guanidine groups is 1.